The van der Waals surface area contributed by atoms with Crippen LogP contribution < -0.4 is 0 Å². The topological polar surface area (TPSA) is 79.2 Å². The van der Waals surface area contributed by atoms with E-state index in [1.165, 1.54) is 0 Å². The molecule has 0 aliphatic heterocycles. The van der Waals surface area contributed by atoms with Crippen molar-refractivity contribution in [3.05, 3.63) is 0 Å². The van der Waals surface area contributed by atoms with Crippen LogP contribution in [0.1, 0.15) is 0 Å². The van der Waals surface area contributed by atoms with Crippen molar-refractivity contribution in [2.45, 2.75) is 0 Å². The molecule has 10 heavy (non-hydrogen) atoms. The Balaban J connectivity index is 4.17. The van der Waals surface area contributed by atoms with E-state index in [2.05, 4.69) is 31.1 Å². The summed E-state index contributed by atoms with van der Waals surface area (Å²) in [6.45, 7) is -7.41. The molecule has 10 heteroatoms. The standard InChI is InChI=1S/Mo.H4O5P2S2/c;1-6(2,8)5-7(3,4)9/h;(H2,1,2,8)(H2,3,4,9)/q+1;/p-1. The molecular formula is H3MoO5P2S2. The summed E-state index contributed by atoms with van der Waals surface area (Å²) in [5.41, 5.74) is 0. The third kappa shape index (κ3) is 6.50. The van der Waals surface area contributed by atoms with Gasteiger partial charge in [-0.1, -0.05) is 0 Å². The summed E-state index contributed by atoms with van der Waals surface area (Å²) >= 11 is 9.30. The first-order valence-electron chi connectivity index (χ1n) is 1.68. The first kappa shape index (κ1) is 11.8. The summed E-state index contributed by atoms with van der Waals surface area (Å²) in [4.78, 5) is 25.7. The summed E-state index contributed by atoms with van der Waals surface area (Å²) in [5, 5.41) is 0. The fourth-order valence-electron chi connectivity index (χ4n) is 0.148. The van der Waals surface area contributed by atoms with E-state index in [9.17, 15) is 0 Å². The average Bonchev–Trinajstić information content (AvgIpc) is 1.60. The average molecular weight is 305 g/mol. The molecule has 0 fully saturated rings. The monoisotopic (exact) mass is 307 g/mol. The van der Waals surface area contributed by atoms with Crippen molar-refractivity contribution < 1.29 is 42.4 Å². The van der Waals surface area contributed by atoms with Gasteiger partial charge in [-0.2, -0.15) is 0 Å². The molecule has 0 rings (SSSR count). The predicted molar refractivity (Wildman–Crippen MR) is 37.4 cm³/mol. The van der Waals surface area contributed by atoms with Crippen LogP contribution in [0.4, 0.5) is 0 Å². The molecule has 0 saturated heterocycles. The molecule has 0 radical (unpaired) electrons. The third-order valence-corrected chi connectivity index (χ3v) is 5.84. The van der Waals surface area contributed by atoms with Gasteiger partial charge in [-0.25, -0.2) is 0 Å². The molecule has 0 amide bonds. The molecule has 0 aliphatic carbocycles. The molecule has 0 heterocycles. The van der Waals surface area contributed by atoms with Crippen LogP contribution in [0.2, 0.25) is 0 Å². The van der Waals surface area contributed by atoms with Gasteiger partial charge in [-0.05, 0) is 0 Å². The van der Waals surface area contributed by atoms with E-state index in [1.807, 2.05) is 0 Å². The van der Waals surface area contributed by atoms with Gasteiger partial charge in [0.05, 0.1) is 0 Å². The molecule has 0 aromatic heterocycles. The van der Waals surface area contributed by atoms with Crippen molar-refractivity contribution in [2.75, 3.05) is 0 Å². The second-order valence-electron chi connectivity index (χ2n) is 1.12. The van der Waals surface area contributed by atoms with Crippen molar-refractivity contribution in [3.8, 4) is 0 Å². The Labute approximate surface area is 79.2 Å². The Bertz CT molecular complexity index is 196. The van der Waals surface area contributed by atoms with E-state index < -0.39 is 13.4 Å². The maximum absolute atomic E-state index is 8.78. The molecular weight excluding hydrogens is 302 g/mol. The molecule has 0 aromatic rings. The molecule has 5 nitrogen and oxygen atoms in total. The molecule has 1 unspecified atom stereocenters. The van der Waals surface area contributed by atoms with Crippen LogP contribution in [-0.2, 0) is 51.3 Å². The first-order chi connectivity index (χ1) is 4.27. The van der Waals surface area contributed by atoms with Gasteiger partial charge in [-0.15, -0.1) is 0 Å². The molecule has 0 saturated carbocycles. The van der Waals surface area contributed by atoms with Crippen LogP contribution >= 0.6 is 13.4 Å². The Hall–Kier alpha value is 1.79. The van der Waals surface area contributed by atoms with Crippen molar-refractivity contribution in [3.63, 3.8) is 0 Å². The Morgan fingerprint density at radius 1 is 1.20 bits per heavy atom. The van der Waals surface area contributed by atoms with E-state index in [-0.39, 0.29) is 0 Å². The SMILES string of the molecule is OP(O)(=S)OP(O)(=S)[O][Mo]. The van der Waals surface area contributed by atoms with E-state index in [4.69, 9.17) is 14.7 Å². The van der Waals surface area contributed by atoms with E-state index in [0.717, 1.165) is 20.2 Å². The van der Waals surface area contributed by atoms with Crippen LogP contribution in [0, 0.1) is 0 Å². The van der Waals surface area contributed by atoms with E-state index >= 15 is 0 Å². The fourth-order valence-corrected chi connectivity index (χ4v) is 3.96. The molecule has 0 spiro atoms. The van der Waals surface area contributed by atoms with Crippen molar-refractivity contribution in [2.24, 2.45) is 0 Å². The third-order valence-electron chi connectivity index (χ3n) is 0.304. The zero-order valence-electron chi connectivity index (χ0n) is 4.28. The fraction of sp³-hybridized carbons (Fsp3) is 0. The number of rotatable bonds is 3. The minimum absolute atomic E-state index is 1.02. The zero-order chi connectivity index (χ0) is 8.41. The normalized spacial score (nSPS) is 18.3. The van der Waals surface area contributed by atoms with Crippen molar-refractivity contribution >= 4 is 37.1 Å². The Kier molecular flexibility index (Phi) is 4.89. The molecule has 0 aromatic carbocycles. The maximum atomic E-state index is 8.78. The summed E-state index contributed by atoms with van der Waals surface area (Å²) in [7, 11) is 0. The van der Waals surface area contributed by atoms with Gasteiger partial charge < -0.3 is 0 Å². The Morgan fingerprint density at radius 3 is 1.70 bits per heavy atom. The predicted octanol–water partition coefficient (Wildman–Crippen LogP) is -0.0927. The van der Waals surface area contributed by atoms with Gasteiger partial charge in [0, 0.05) is 0 Å². The van der Waals surface area contributed by atoms with Crippen LogP contribution in [0.3, 0.4) is 0 Å². The molecule has 3 N–H and O–H groups in total. The van der Waals surface area contributed by atoms with Crippen LogP contribution in [0.25, 0.3) is 0 Å². The van der Waals surface area contributed by atoms with Gasteiger partial charge in [0.1, 0.15) is 0 Å². The summed E-state index contributed by atoms with van der Waals surface area (Å²) in [6, 6.07) is 0. The summed E-state index contributed by atoms with van der Waals surface area (Å²) in [6.07, 6.45) is 0. The second kappa shape index (κ2) is 4.15. The summed E-state index contributed by atoms with van der Waals surface area (Å²) < 4.78 is 8.30. The van der Waals surface area contributed by atoms with E-state index in [0.29, 0.717) is 0 Å². The second-order valence-corrected chi connectivity index (χ2v) is 7.75. The Morgan fingerprint density at radius 2 is 1.60 bits per heavy atom. The molecule has 0 bridgehead atoms. The molecule has 1 atom stereocenters. The minimum atomic E-state index is -3.90. The van der Waals surface area contributed by atoms with Crippen LogP contribution in [0.5, 0.6) is 0 Å². The number of hydrogen-bond donors (Lipinski definition) is 3. The number of hydrogen-bond acceptors (Lipinski definition) is 4. The van der Waals surface area contributed by atoms with Crippen LogP contribution in [0.15, 0.2) is 0 Å². The van der Waals surface area contributed by atoms with Gasteiger partial charge in [0.2, 0.25) is 0 Å². The van der Waals surface area contributed by atoms with Gasteiger partial charge in [0.25, 0.3) is 0 Å². The van der Waals surface area contributed by atoms with Crippen molar-refractivity contribution in [1.29, 1.82) is 0 Å². The molecule has 61 valence electrons. The van der Waals surface area contributed by atoms with Gasteiger partial charge in [-0.3, -0.25) is 0 Å². The zero-order valence-corrected chi connectivity index (χ0v) is 9.71. The van der Waals surface area contributed by atoms with Crippen LogP contribution in [-0.4, -0.2) is 14.7 Å². The van der Waals surface area contributed by atoms with Gasteiger partial charge >= 0.3 is 79.4 Å². The van der Waals surface area contributed by atoms with Gasteiger partial charge in [0.15, 0.2) is 0 Å². The summed E-state index contributed by atoms with van der Waals surface area (Å²) in [5.74, 6) is 0. The molecule has 0 aliphatic rings. The van der Waals surface area contributed by atoms with E-state index in [1.54, 1.807) is 0 Å². The van der Waals surface area contributed by atoms with Crippen molar-refractivity contribution in [1.82, 2.24) is 0 Å². The first-order valence-corrected chi connectivity index (χ1v) is 7.72. The quantitative estimate of drug-likeness (QED) is 0.497.